The third kappa shape index (κ3) is 6.70. The lowest BCUT2D eigenvalue weighted by molar-refractivity contribution is -0.170. The molecule has 0 saturated carbocycles. The van der Waals surface area contributed by atoms with Crippen molar-refractivity contribution in [2.45, 2.75) is 37.4 Å². The molecule has 0 atom stereocenters. The minimum absolute atomic E-state index is 0.00332. The van der Waals surface area contributed by atoms with E-state index in [-0.39, 0.29) is 37.5 Å². The number of aryl methyl sites for hydroxylation is 1. The second-order valence-corrected chi connectivity index (χ2v) is 12.2. The van der Waals surface area contributed by atoms with Crippen LogP contribution in [0.5, 0.6) is 0 Å². The highest BCUT2D eigenvalue weighted by Gasteiger charge is 2.44. The molecule has 1 saturated heterocycles. The Balaban J connectivity index is 1.52. The maximum absolute atomic E-state index is 14.0. The van der Waals surface area contributed by atoms with E-state index in [9.17, 15) is 28.0 Å². The molecule has 5 rings (SSSR count). The smallest absolute Gasteiger partial charge is 0.337 e. The van der Waals surface area contributed by atoms with E-state index in [1.807, 2.05) is 43.3 Å². The number of unbranched alkanes of at least 4 members (excludes halogenated alkanes) is 1. The number of anilines is 2. The molecule has 0 aromatic heterocycles. The quantitative estimate of drug-likeness (QED) is 0.197. The number of aliphatic imine (C=N–C) groups is 1. The maximum Gasteiger partial charge on any atom is 0.471 e. The van der Waals surface area contributed by atoms with Gasteiger partial charge < -0.3 is 9.80 Å². The van der Waals surface area contributed by atoms with E-state index in [1.165, 1.54) is 35.7 Å². The van der Waals surface area contributed by atoms with E-state index < -0.39 is 12.1 Å². The van der Waals surface area contributed by atoms with Crippen molar-refractivity contribution in [1.29, 1.82) is 10.5 Å². The van der Waals surface area contributed by atoms with Crippen molar-refractivity contribution in [3.63, 3.8) is 0 Å². The number of thioether (sulfide) groups is 2. The van der Waals surface area contributed by atoms with Crippen LogP contribution in [0.2, 0.25) is 0 Å². The standard InChI is InChI=1S/C32H25F3N6O2S2/c1-20-10-11-22(18-37)16-24(20)38-31-41(19-21-8-4-3-5-9-21)28(42)27(45-31)29-39(2)25-13-12-23(17-26(25)44-29)40(15-7-6-14-36)30(43)32(33,34)35/h3-5,8-13,16-17H,6-7,15,19H2,1-2H3/b29-27-,38-31?. The lowest BCUT2D eigenvalue weighted by atomic mass is 10.1. The number of benzene rings is 3. The zero-order chi connectivity index (χ0) is 32.3. The minimum atomic E-state index is -5.08. The molecular formula is C32H25F3N6O2S2. The monoisotopic (exact) mass is 646 g/mol. The summed E-state index contributed by atoms with van der Waals surface area (Å²) in [5, 5.41) is 19.3. The summed E-state index contributed by atoms with van der Waals surface area (Å²) < 4.78 is 40.3. The molecule has 0 N–H and O–H groups in total. The highest BCUT2D eigenvalue weighted by atomic mass is 32.2. The Hall–Kier alpha value is -4.72. The van der Waals surface area contributed by atoms with E-state index in [0.717, 1.165) is 11.1 Å². The van der Waals surface area contributed by atoms with Gasteiger partial charge in [-0.25, -0.2) is 4.99 Å². The SMILES string of the molecule is Cc1ccc(C#N)cc1N=C1S/C(=C2\Sc3cc(N(CCCC#N)C(=O)C(F)(F)F)ccc3N2C)C(=O)N1Cc1ccccc1. The van der Waals surface area contributed by atoms with Gasteiger partial charge in [0.25, 0.3) is 5.91 Å². The first kappa shape index (κ1) is 31.7. The molecule has 0 radical (unpaired) electrons. The minimum Gasteiger partial charge on any atom is -0.337 e. The molecule has 0 bridgehead atoms. The Morgan fingerprint density at radius 1 is 1.04 bits per heavy atom. The molecule has 2 amide bonds. The molecule has 228 valence electrons. The lowest BCUT2D eigenvalue weighted by Gasteiger charge is -2.24. The summed E-state index contributed by atoms with van der Waals surface area (Å²) in [6, 6.07) is 23.1. The largest absolute Gasteiger partial charge is 0.471 e. The zero-order valence-electron chi connectivity index (χ0n) is 24.1. The average Bonchev–Trinajstić information content (AvgIpc) is 3.51. The number of carbonyl (C=O) groups excluding carboxylic acids is 2. The fourth-order valence-corrected chi connectivity index (χ4v) is 7.12. The second kappa shape index (κ2) is 13.1. The van der Waals surface area contributed by atoms with Crippen LogP contribution in [0.1, 0.15) is 29.5 Å². The summed E-state index contributed by atoms with van der Waals surface area (Å²) in [6.45, 7) is 1.85. The number of fused-ring (bicyclic) bond motifs is 1. The van der Waals surface area contributed by atoms with Crippen LogP contribution in [0.3, 0.4) is 0 Å². The van der Waals surface area contributed by atoms with Crippen LogP contribution in [0.15, 0.2) is 86.6 Å². The Kier molecular flexibility index (Phi) is 9.23. The predicted octanol–water partition coefficient (Wildman–Crippen LogP) is 7.24. The molecule has 13 heteroatoms. The molecule has 2 heterocycles. The normalized spacial score (nSPS) is 17.0. The van der Waals surface area contributed by atoms with Crippen molar-refractivity contribution in [2.24, 2.45) is 4.99 Å². The van der Waals surface area contributed by atoms with E-state index in [4.69, 9.17) is 10.3 Å². The van der Waals surface area contributed by atoms with E-state index >= 15 is 0 Å². The van der Waals surface area contributed by atoms with Crippen molar-refractivity contribution >= 4 is 57.6 Å². The third-order valence-corrected chi connectivity index (χ3v) is 9.50. The van der Waals surface area contributed by atoms with Gasteiger partial charge in [0.2, 0.25) is 0 Å². The van der Waals surface area contributed by atoms with Crippen LogP contribution < -0.4 is 9.80 Å². The maximum atomic E-state index is 14.0. The van der Waals surface area contributed by atoms with Gasteiger partial charge in [-0.05, 0) is 66.6 Å². The first-order valence-corrected chi connectivity index (χ1v) is 15.3. The molecule has 0 unspecified atom stereocenters. The average molecular weight is 647 g/mol. The number of alkyl halides is 3. The summed E-state index contributed by atoms with van der Waals surface area (Å²) in [7, 11) is 1.76. The van der Waals surface area contributed by atoms with Crippen LogP contribution in [0.4, 0.5) is 30.2 Å². The number of nitrogens with zero attached hydrogens (tertiary/aromatic N) is 6. The van der Waals surface area contributed by atoms with E-state index in [0.29, 0.717) is 41.8 Å². The molecule has 2 aliphatic heterocycles. The van der Waals surface area contributed by atoms with Crippen molar-refractivity contribution in [2.75, 3.05) is 23.4 Å². The molecule has 0 aliphatic carbocycles. The summed E-state index contributed by atoms with van der Waals surface area (Å²) in [6.07, 6.45) is -5.00. The Morgan fingerprint density at radius 2 is 1.80 bits per heavy atom. The van der Waals surface area contributed by atoms with Crippen molar-refractivity contribution < 1.29 is 22.8 Å². The Bertz CT molecular complexity index is 1810. The number of amides is 2. The summed E-state index contributed by atoms with van der Waals surface area (Å²) >= 11 is 2.40. The van der Waals surface area contributed by atoms with Gasteiger partial charge in [-0.2, -0.15) is 23.7 Å². The number of amidine groups is 1. The van der Waals surface area contributed by atoms with Gasteiger partial charge in [-0.1, -0.05) is 48.2 Å². The summed E-state index contributed by atoms with van der Waals surface area (Å²) in [4.78, 5) is 36.0. The fourth-order valence-electron chi connectivity index (χ4n) is 4.75. The Labute approximate surface area is 266 Å². The van der Waals surface area contributed by atoms with Crippen LogP contribution in [-0.4, -0.2) is 41.7 Å². The predicted molar refractivity (Wildman–Crippen MR) is 169 cm³/mol. The first-order chi connectivity index (χ1) is 21.5. The summed E-state index contributed by atoms with van der Waals surface area (Å²) in [5.74, 6) is -2.30. The van der Waals surface area contributed by atoms with Gasteiger partial charge in [0.05, 0.1) is 40.7 Å². The van der Waals surface area contributed by atoms with Gasteiger partial charge in [-0.3, -0.25) is 14.5 Å². The number of hydrogen-bond donors (Lipinski definition) is 0. The molecule has 3 aromatic rings. The molecule has 1 fully saturated rings. The number of carbonyl (C=O) groups is 2. The fraction of sp³-hybridized carbons (Fsp3) is 0.219. The molecular weight excluding hydrogens is 622 g/mol. The molecule has 3 aromatic carbocycles. The molecule has 2 aliphatic rings. The molecule has 45 heavy (non-hydrogen) atoms. The van der Waals surface area contributed by atoms with Gasteiger partial charge >= 0.3 is 12.1 Å². The number of halogens is 3. The van der Waals surface area contributed by atoms with Gasteiger partial charge in [0.1, 0.15) is 4.91 Å². The topological polar surface area (TPSA) is 104 Å². The summed E-state index contributed by atoms with van der Waals surface area (Å²) in [5.41, 5.74) is 3.42. The highest BCUT2D eigenvalue weighted by Crippen LogP contribution is 2.51. The van der Waals surface area contributed by atoms with Crippen LogP contribution in [0, 0.1) is 29.6 Å². The number of rotatable bonds is 7. The van der Waals surface area contributed by atoms with Crippen LogP contribution in [0.25, 0.3) is 0 Å². The number of nitriles is 2. The van der Waals surface area contributed by atoms with Gasteiger partial charge in [-0.15, -0.1) is 0 Å². The highest BCUT2D eigenvalue weighted by molar-refractivity contribution is 8.19. The van der Waals surface area contributed by atoms with Gasteiger partial charge in [0, 0.05) is 30.6 Å². The van der Waals surface area contributed by atoms with Crippen molar-refractivity contribution in [3.05, 3.63) is 93.4 Å². The third-order valence-electron chi connectivity index (χ3n) is 7.08. The molecule has 0 spiro atoms. The van der Waals surface area contributed by atoms with Crippen molar-refractivity contribution in [1.82, 2.24) is 4.90 Å². The van der Waals surface area contributed by atoms with Crippen LogP contribution >= 0.6 is 23.5 Å². The number of hydrogen-bond acceptors (Lipinski definition) is 8. The second-order valence-electron chi connectivity index (χ2n) is 10.2. The van der Waals surface area contributed by atoms with E-state index in [1.54, 1.807) is 41.1 Å². The van der Waals surface area contributed by atoms with Crippen molar-refractivity contribution in [3.8, 4) is 12.1 Å². The van der Waals surface area contributed by atoms with Gasteiger partial charge in [0.15, 0.2) is 5.17 Å². The lowest BCUT2D eigenvalue weighted by Crippen LogP contribution is -2.41. The zero-order valence-corrected chi connectivity index (χ0v) is 25.8. The molecule has 8 nitrogen and oxygen atoms in total. The Morgan fingerprint density at radius 3 is 2.49 bits per heavy atom. The van der Waals surface area contributed by atoms with Crippen LogP contribution in [-0.2, 0) is 16.1 Å². The first-order valence-electron chi connectivity index (χ1n) is 13.7. The van der Waals surface area contributed by atoms with E-state index in [2.05, 4.69) is 6.07 Å².